The number of carbonyl (C=O) groups is 1. The van der Waals surface area contributed by atoms with Crippen LogP contribution in [0.4, 0.5) is 0 Å². The molecule has 0 aliphatic carbocycles. The van der Waals surface area contributed by atoms with Gasteiger partial charge in [0.2, 0.25) is 5.01 Å². The largest absolute Gasteiger partial charge is 0.372 e. The Hall–Kier alpha value is -1.01. The van der Waals surface area contributed by atoms with Gasteiger partial charge in [-0.15, -0.1) is 0 Å². The van der Waals surface area contributed by atoms with Crippen LogP contribution in [0.25, 0.3) is 0 Å². The van der Waals surface area contributed by atoms with Crippen LogP contribution in [0, 0.1) is 6.92 Å². The minimum atomic E-state index is -0.0346. The maximum absolute atomic E-state index is 12.1. The number of aromatic nitrogens is 2. The van der Waals surface area contributed by atoms with E-state index in [0.29, 0.717) is 23.9 Å². The molecule has 0 spiro atoms. The predicted octanol–water partition coefficient (Wildman–Crippen LogP) is 1.10. The molecule has 2 unspecified atom stereocenters. The zero-order chi connectivity index (χ0) is 11.7. The number of hydrogen-bond acceptors (Lipinski definition) is 5. The zero-order valence-corrected chi connectivity index (χ0v) is 10.5. The van der Waals surface area contributed by atoms with E-state index in [2.05, 4.69) is 9.36 Å². The first-order valence-corrected chi connectivity index (χ1v) is 6.08. The Morgan fingerprint density at radius 3 is 2.56 bits per heavy atom. The van der Waals surface area contributed by atoms with Gasteiger partial charge in [0.25, 0.3) is 5.91 Å². The Bertz CT molecular complexity index is 383. The number of amides is 1. The van der Waals surface area contributed by atoms with E-state index in [-0.39, 0.29) is 18.1 Å². The van der Waals surface area contributed by atoms with E-state index in [1.165, 1.54) is 0 Å². The Morgan fingerprint density at radius 2 is 2.06 bits per heavy atom. The molecule has 1 fully saturated rings. The van der Waals surface area contributed by atoms with Gasteiger partial charge in [-0.1, -0.05) is 0 Å². The third-order valence-corrected chi connectivity index (χ3v) is 3.21. The molecule has 1 amide bonds. The maximum Gasteiger partial charge on any atom is 0.284 e. The summed E-state index contributed by atoms with van der Waals surface area (Å²) in [5, 5.41) is 0.471. The van der Waals surface area contributed by atoms with Crippen LogP contribution in [0.2, 0.25) is 0 Å². The third kappa shape index (κ3) is 2.38. The molecule has 2 heterocycles. The van der Waals surface area contributed by atoms with Gasteiger partial charge in [0.05, 0.1) is 12.2 Å². The summed E-state index contributed by atoms with van der Waals surface area (Å²) in [6, 6.07) is 0. The average molecular weight is 241 g/mol. The second-order valence-corrected chi connectivity index (χ2v) is 4.87. The Labute approximate surface area is 98.6 Å². The van der Waals surface area contributed by atoms with E-state index >= 15 is 0 Å². The molecule has 0 saturated carbocycles. The molecule has 88 valence electrons. The molecule has 5 nitrogen and oxygen atoms in total. The van der Waals surface area contributed by atoms with Crippen LogP contribution >= 0.6 is 11.5 Å². The molecule has 2 atom stereocenters. The third-order valence-electron chi connectivity index (χ3n) is 2.42. The second kappa shape index (κ2) is 4.47. The van der Waals surface area contributed by atoms with Crippen molar-refractivity contribution in [3.05, 3.63) is 10.8 Å². The van der Waals surface area contributed by atoms with Crippen molar-refractivity contribution in [3.63, 3.8) is 0 Å². The summed E-state index contributed by atoms with van der Waals surface area (Å²) in [6.07, 6.45) is 0.170. The van der Waals surface area contributed by atoms with E-state index in [1.807, 2.05) is 13.8 Å². The van der Waals surface area contributed by atoms with Crippen molar-refractivity contribution in [2.75, 3.05) is 13.1 Å². The summed E-state index contributed by atoms with van der Waals surface area (Å²) in [5.41, 5.74) is 0. The summed E-state index contributed by atoms with van der Waals surface area (Å²) in [5.74, 6) is 0.621. The number of morpholine rings is 1. The average Bonchev–Trinajstić information content (AvgIpc) is 2.62. The Balaban J connectivity index is 2.09. The van der Waals surface area contributed by atoms with Crippen molar-refractivity contribution in [1.82, 2.24) is 14.3 Å². The van der Waals surface area contributed by atoms with Crippen LogP contribution in [0.3, 0.4) is 0 Å². The van der Waals surface area contributed by atoms with Crippen LogP contribution in [0.1, 0.15) is 29.5 Å². The highest BCUT2D eigenvalue weighted by Gasteiger charge is 2.28. The van der Waals surface area contributed by atoms with Gasteiger partial charge in [0.15, 0.2) is 0 Å². The fourth-order valence-corrected chi connectivity index (χ4v) is 2.50. The molecule has 1 aliphatic heterocycles. The van der Waals surface area contributed by atoms with Crippen molar-refractivity contribution in [2.24, 2.45) is 0 Å². The lowest BCUT2D eigenvalue weighted by Crippen LogP contribution is -2.48. The standard InChI is InChI=1S/C10H15N3O2S/c1-6-4-13(5-7(2)15-6)10(14)9-11-8(3)12-16-9/h6-7H,4-5H2,1-3H3. The summed E-state index contributed by atoms with van der Waals surface area (Å²) >= 11 is 1.16. The lowest BCUT2D eigenvalue weighted by atomic mass is 10.2. The van der Waals surface area contributed by atoms with Gasteiger partial charge < -0.3 is 9.64 Å². The number of rotatable bonds is 1. The van der Waals surface area contributed by atoms with Gasteiger partial charge in [0, 0.05) is 13.1 Å². The van der Waals surface area contributed by atoms with Crippen LogP contribution in [0.15, 0.2) is 0 Å². The van der Waals surface area contributed by atoms with Crippen LogP contribution in [-0.2, 0) is 4.74 Å². The topological polar surface area (TPSA) is 55.3 Å². The van der Waals surface area contributed by atoms with E-state index in [1.54, 1.807) is 11.8 Å². The van der Waals surface area contributed by atoms with Crippen molar-refractivity contribution in [3.8, 4) is 0 Å². The van der Waals surface area contributed by atoms with Gasteiger partial charge in [0.1, 0.15) is 5.82 Å². The highest BCUT2D eigenvalue weighted by atomic mass is 32.1. The van der Waals surface area contributed by atoms with Crippen molar-refractivity contribution < 1.29 is 9.53 Å². The monoisotopic (exact) mass is 241 g/mol. The number of hydrogen-bond donors (Lipinski definition) is 0. The van der Waals surface area contributed by atoms with E-state index in [9.17, 15) is 4.79 Å². The summed E-state index contributed by atoms with van der Waals surface area (Å²) in [4.78, 5) is 18.0. The number of nitrogens with zero attached hydrogens (tertiary/aromatic N) is 3. The van der Waals surface area contributed by atoms with Gasteiger partial charge in [-0.3, -0.25) is 4.79 Å². The molecule has 0 radical (unpaired) electrons. The summed E-state index contributed by atoms with van der Waals surface area (Å²) in [7, 11) is 0. The van der Waals surface area contributed by atoms with Crippen LogP contribution < -0.4 is 0 Å². The zero-order valence-electron chi connectivity index (χ0n) is 9.64. The minimum absolute atomic E-state index is 0.0346. The van der Waals surface area contributed by atoms with Crippen molar-refractivity contribution >= 4 is 17.4 Å². The molecule has 1 aliphatic rings. The van der Waals surface area contributed by atoms with Crippen LogP contribution in [-0.4, -0.2) is 45.5 Å². The normalized spacial score (nSPS) is 25.8. The first kappa shape index (κ1) is 11.5. The van der Waals surface area contributed by atoms with E-state index in [0.717, 1.165) is 11.5 Å². The molecular weight excluding hydrogens is 226 g/mol. The van der Waals surface area contributed by atoms with Gasteiger partial charge in [-0.25, -0.2) is 4.98 Å². The smallest absolute Gasteiger partial charge is 0.284 e. The summed E-state index contributed by atoms with van der Waals surface area (Å²) in [6.45, 7) is 6.99. The minimum Gasteiger partial charge on any atom is -0.372 e. The molecule has 2 rings (SSSR count). The van der Waals surface area contributed by atoms with Crippen molar-refractivity contribution in [2.45, 2.75) is 33.0 Å². The highest BCUT2D eigenvalue weighted by Crippen LogP contribution is 2.15. The number of aryl methyl sites for hydroxylation is 1. The predicted molar refractivity (Wildman–Crippen MR) is 60.6 cm³/mol. The lowest BCUT2D eigenvalue weighted by Gasteiger charge is -2.34. The van der Waals surface area contributed by atoms with E-state index < -0.39 is 0 Å². The molecule has 1 aromatic rings. The van der Waals surface area contributed by atoms with Gasteiger partial charge >= 0.3 is 0 Å². The molecule has 6 heteroatoms. The fraction of sp³-hybridized carbons (Fsp3) is 0.700. The van der Waals surface area contributed by atoms with Crippen molar-refractivity contribution in [1.29, 1.82) is 0 Å². The number of ether oxygens (including phenoxy) is 1. The summed E-state index contributed by atoms with van der Waals surface area (Å²) < 4.78 is 9.60. The first-order valence-electron chi connectivity index (χ1n) is 5.31. The fourth-order valence-electron chi connectivity index (χ4n) is 1.86. The molecule has 0 aromatic carbocycles. The molecule has 16 heavy (non-hydrogen) atoms. The second-order valence-electron chi connectivity index (χ2n) is 4.11. The van der Waals surface area contributed by atoms with E-state index in [4.69, 9.17) is 4.74 Å². The molecular formula is C10H15N3O2S. The SMILES string of the molecule is Cc1nsc(C(=O)N2CC(C)OC(C)C2)n1. The quantitative estimate of drug-likeness (QED) is 0.738. The molecule has 1 saturated heterocycles. The maximum atomic E-state index is 12.1. The number of carbonyl (C=O) groups excluding carboxylic acids is 1. The molecule has 0 N–H and O–H groups in total. The lowest BCUT2D eigenvalue weighted by molar-refractivity contribution is -0.0586. The van der Waals surface area contributed by atoms with Gasteiger partial charge in [-0.05, 0) is 32.3 Å². The van der Waals surface area contributed by atoms with Gasteiger partial charge in [-0.2, -0.15) is 4.37 Å². The van der Waals surface area contributed by atoms with Crippen LogP contribution in [0.5, 0.6) is 0 Å². The Kier molecular flexibility index (Phi) is 3.20. The molecule has 0 bridgehead atoms. The highest BCUT2D eigenvalue weighted by molar-refractivity contribution is 7.07. The first-order chi connectivity index (χ1) is 7.56. The Morgan fingerprint density at radius 1 is 1.44 bits per heavy atom. The molecule has 1 aromatic heterocycles.